The van der Waals surface area contributed by atoms with Gasteiger partial charge in [-0.3, -0.25) is 0 Å². The van der Waals surface area contributed by atoms with Crippen LogP contribution in [0, 0.1) is 5.92 Å². The van der Waals surface area contributed by atoms with E-state index in [0.29, 0.717) is 18.4 Å². The second-order valence-corrected chi connectivity index (χ2v) is 7.72. The molecule has 0 heterocycles. The smallest absolute Gasteiger partial charge is 0.119 e. The third-order valence-corrected chi connectivity index (χ3v) is 5.12. The van der Waals surface area contributed by atoms with Crippen molar-refractivity contribution in [2.24, 2.45) is 11.7 Å². The van der Waals surface area contributed by atoms with Crippen molar-refractivity contribution in [3.8, 4) is 5.75 Å². The Kier molecular flexibility index (Phi) is 6.14. The lowest BCUT2D eigenvalue weighted by Crippen LogP contribution is -2.16. The van der Waals surface area contributed by atoms with Gasteiger partial charge in [-0.2, -0.15) is 0 Å². The van der Waals surface area contributed by atoms with Gasteiger partial charge in [0.15, 0.2) is 0 Å². The van der Waals surface area contributed by atoms with Crippen molar-refractivity contribution in [1.29, 1.82) is 0 Å². The largest absolute Gasteiger partial charge is 0.493 e. The fourth-order valence-corrected chi connectivity index (χ4v) is 3.61. The molecule has 2 N–H and O–H groups in total. The van der Waals surface area contributed by atoms with Crippen LogP contribution in [0.4, 0.5) is 0 Å². The molecule has 0 saturated carbocycles. The van der Waals surface area contributed by atoms with E-state index in [0.717, 1.165) is 18.8 Å². The molecule has 25 heavy (non-hydrogen) atoms. The molecule has 2 heteroatoms. The van der Waals surface area contributed by atoms with Crippen LogP contribution >= 0.6 is 0 Å². The van der Waals surface area contributed by atoms with Crippen LogP contribution in [-0.4, -0.2) is 13.2 Å². The summed E-state index contributed by atoms with van der Waals surface area (Å²) in [6.07, 6.45) is 6.10. The molecule has 2 aromatic carbocycles. The van der Waals surface area contributed by atoms with Crippen LogP contribution in [0.15, 0.2) is 42.5 Å². The molecule has 0 fully saturated rings. The predicted octanol–water partition coefficient (Wildman–Crippen LogP) is 4.89. The van der Waals surface area contributed by atoms with E-state index in [-0.39, 0.29) is 0 Å². The Morgan fingerprint density at radius 2 is 1.68 bits per heavy atom. The highest BCUT2D eigenvalue weighted by Gasteiger charge is 2.15. The van der Waals surface area contributed by atoms with Crippen molar-refractivity contribution in [3.63, 3.8) is 0 Å². The zero-order chi connectivity index (χ0) is 17.6. The fourth-order valence-electron chi connectivity index (χ4n) is 3.61. The average molecular weight is 338 g/mol. The Hall–Kier alpha value is -1.80. The maximum atomic E-state index is 6.11. The van der Waals surface area contributed by atoms with E-state index in [1.54, 1.807) is 5.56 Å². The maximum absolute atomic E-state index is 6.11. The van der Waals surface area contributed by atoms with Gasteiger partial charge in [-0.25, -0.2) is 0 Å². The zero-order valence-electron chi connectivity index (χ0n) is 15.6. The van der Waals surface area contributed by atoms with Gasteiger partial charge in [-0.1, -0.05) is 44.2 Å². The van der Waals surface area contributed by atoms with Gasteiger partial charge in [-0.05, 0) is 79.0 Å². The molecule has 0 saturated heterocycles. The summed E-state index contributed by atoms with van der Waals surface area (Å²) in [6, 6.07) is 15.5. The second-order valence-electron chi connectivity index (χ2n) is 7.72. The van der Waals surface area contributed by atoms with E-state index in [2.05, 4.69) is 56.3 Å². The van der Waals surface area contributed by atoms with Gasteiger partial charge in [0.25, 0.3) is 0 Å². The molecule has 2 aromatic rings. The molecule has 0 aliphatic heterocycles. The monoisotopic (exact) mass is 337 g/mol. The SMILES string of the molecule is CC(C)COc1ccc(CC(CN)c2ccc3c(c2)CCCC3)cc1. The summed E-state index contributed by atoms with van der Waals surface area (Å²) in [5, 5.41) is 0. The van der Waals surface area contributed by atoms with E-state index in [1.807, 2.05) is 0 Å². The molecular weight excluding hydrogens is 306 g/mol. The minimum atomic E-state index is 0.384. The van der Waals surface area contributed by atoms with Crippen LogP contribution in [0.1, 0.15) is 54.9 Å². The van der Waals surface area contributed by atoms with Crippen LogP contribution in [-0.2, 0) is 19.3 Å². The molecular formula is C23H31NO. The number of hydrogen-bond acceptors (Lipinski definition) is 2. The number of benzene rings is 2. The van der Waals surface area contributed by atoms with E-state index in [1.165, 1.54) is 42.4 Å². The number of rotatable bonds is 7. The molecule has 0 radical (unpaired) electrons. The molecule has 0 aromatic heterocycles. The summed E-state index contributed by atoms with van der Waals surface area (Å²) in [4.78, 5) is 0. The first kappa shape index (κ1) is 18.0. The van der Waals surface area contributed by atoms with Gasteiger partial charge in [0.05, 0.1) is 6.61 Å². The highest BCUT2D eigenvalue weighted by Crippen LogP contribution is 2.27. The minimum absolute atomic E-state index is 0.384. The number of fused-ring (bicyclic) bond motifs is 1. The molecule has 1 atom stereocenters. The molecule has 1 aliphatic rings. The highest BCUT2D eigenvalue weighted by atomic mass is 16.5. The van der Waals surface area contributed by atoms with Crippen LogP contribution < -0.4 is 10.5 Å². The summed E-state index contributed by atoms with van der Waals surface area (Å²) >= 11 is 0. The molecule has 0 bridgehead atoms. The highest BCUT2D eigenvalue weighted by molar-refractivity contribution is 5.37. The second kappa shape index (κ2) is 8.53. The van der Waals surface area contributed by atoms with Crippen LogP contribution in [0.5, 0.6) is 5.75 Å². The first-order chi connectivity index (χ1) is 12.2. The van der Waals surface area contributed by atoms with Crippen molar-refractivity contribution >= 4 is 0 Å². The number of ether oxygens (including phenoxy) is 1. The Morgan fingerprint density at radius 3 is 2.36 bits per heavy atom. The Labute approximate surface area is 152 Å². The normalized spacial score (nSPS) is 15.0. The molecule has 1 unspecified atom stereocenters. The van der Waals surface area contributed by atoms with Gasteiger partial charge >= 0.3 is 0 Å². The van der Waals surface area contributed by atoms with Gasteiger partial charge < -0.3 is 10.5 Å². The van der Waals surface area contributed by atoms with Gasteiger partial charge in [0.1, 0.15) is 5.75 Å². The van der Waals surface area contributed by atoms with Crippen molar-refractivity contribution in [1.82, 2.24) is 0 Å². The first-order valence-corrected chi connectivity index (χ1v) is 9.69. The van der Waals surface area contributed by atoms with Crippen molar-refractivity contribution in [2.45, 2.75) is 51.9 Å². The lowest BCUT2D eigenvalue weighted by Gasteiger charge is -2.21. The Bertz CT molecular complexity index is 675. The third-order valence-electron chi connectivity index (χ3n) is 5.12. The summed E-state index contributed by atoms with van der Waals surface area (Å²) in [5.74, 6) is 1.88. The molecule has 0 spiro atoms. The molecule has 3 rings (SSSR count). The van der Waals surface area contributed by atoms with Gasteiger partial charge in [-0.15, -0.1) is 0 Å². The molecule has 1 aliphatic carbocycles. The zero-order valence-corrected chi connectivity index (χ0v) is 15.6. The van der Waals surface area contributed by atoms with E-state index < -0.39 is 0 Å². The fraction of sp³-hybridized carbons (Fsp3) is 0.478. The molecule has 2 nitrogen and oxygen atoms in total. The van der Waals surface area contributed by atoms with Crippen molar-refractivity contribution in [3.05, 3.63) is 64.7 Å². The quantitative estimate of drug-likeness (QED) is 0.781. The van der Waals surface area contributed by atoms with E-state index in [4.69, 9.17) is 10.5 Å². The third kappa shape index (κ3) is 4.85. The standard InChI is InChI=1S/C23H31NO/c1-17(2)16-25-23-11-7-18(8-12-23)13-22(15-24)21-10-9-19-5-3-4-6-20(19)14-21/h7-12,14,17,22H,3-6,13,15-16,24H2,1-2H3. The van der Waals surface area contributed by atoms with Crippen LogP contribution in [0.2, 0.25) is 0 Å². The lowest BCUT2D eigenvalue weighted by molar-refractivity contribution is 0.271. The average Bonchev–Trinajstić information content (AvgIpc) is 2.65. The molecule has 0 amide bonds. The Morgan fingerprint density at radius 1 is 0.960 bits per heavy atom. The lowest BCUT2D eigenvalue weighted by atomic mass is 9.85. The predicted molar refractivity (Wildman–Crippen MR) is 105 cm³/mol. The van der Waals surface area contributed by atoms with Crippen molar-refractivity contribution in [2.75, 3.05) is 13.2 Å². The summed E-state index contributed by atoms with van der Waals surface area (Å²) < 4.78 is 5.78. The summed E-state index contributed by atoms with van der Waals surface area (Å²) in [6.45, 7) is 5.78. The van der Waals surface area contributed by atoms with E-state index >= 15 is 0 Å². The minimum Gasteiger partial charge on any atom is -0.493 e. The Balaban J connectivity index is 1.67. The summed E-state index contributed by atoms with van der Waals surface area (Å²) in [5.41, 5.74) is 11.9. The van der Waals surface area contributed by atoms with Crippen LogP contribution in [0.25, 0.3) is 0 Å². The van der Waals surface area contributed by atoms with Gasteiger partial charge in [0, 0.05) is 5.92 Å². The van der Waals surface area contributed by atoms with E-state index in [9.17, 15) is 0 Å². The van der Waals surface area contributed by atoms with Crippen molar-refractivity contribution < 1.29 is 4.74 Å². The van der Waals surface area contributed by atoms with Crippen LogP contribution in [0.3, 0.4) is 0 Å². The van der Waals surface area contributed by atoms with Gasteiger partial charge in [0.2, 0.25) is 0 Å². The topological polar surface area (TPSA) is 35.2 Å². The number of nitrogens with two attached hydrogens (primary N) is 1. The number of hydrogen-bond donors (Lipinski definition) is 1. The summed E-state index contributed by atoms with van der Waals surface area (Å²) in [7, 11) is 0. The first-order valence-electron chi connectivity index (χ1n) is 9.69. The number of aryl methyl sites for hydroxylation is 2. The maximum Gasteiger partial charge on any atom is 0.119 e. The molecule has 134 valence electrons.